The van der Waals surface area contributed by atoms with Gasteiger partial charge in [-0.05, 0) is 31.0 Å². The van der Waals surface area contributed by atoms with Crippen LogP contribution in [-0.4, -0.2) is 49.2 Å². The van der Waals surface area contributed by atoms with Gasteiger partial charge in [0.05, 0.1) is 12.8 Å². The summed E-state index contributed by atoms with van der Waals surface area (Å²) in [5.41, 5.74) is -0.150. The lowest BCUT2D eigenvalue weighted by molar-refractivity contribution is 0.0669. The summed E-state index contributed by atoms with van der Waals surface area (Å²) in [4.78, 5) is 26.0. The number of nitrogens with one attached hydrogen (secondary N) is 1. The van der Waals surface area contributed by atoms with E-state index in [1.54, 1.807) is 35.4 Å². The molecule has 0 saturated carbocycles. The van der Waals surface area contributed by atoms with Crippen LogP contribution in [0.1, 0.15) is 29.2 Å². The highest BCUT2D eigenvalue weighted by Gasteiger charge is 2.27. The number of rotatable bonds is 5. The van der Waals surface area contributed by atoms with E-state index in [2.05, 4.69) is 4.72 Å². The SMILES string of the molecule is CS(=O)(=O)N[C@H]1CCCN(C(=O)c2ccc(Cn3ccccc3=O)o2)C1. The van der Waals surface area contributed by atoms with Gasteiger partial charge in [0.25, 0.3) is 11.5 Å². The maximum atomic E-state index is 12.6. The van der Waals surface area contributed by atoms with Gasteiger partial charge in [0.2, 0.25) is 10.0 Å². The molecule has 3 heterocycles. The minimum absolute atomic E-state index is 0.150. The monoisotopic (exact) mass is 379 g/mol. The Hall–Kier alpha value is -2.39. The number of hydrogen-bond acceptors (Lipinski definition) is 5. The zero-order chi connectivity index (χ0) is 18.7. The zero-order valence-electron chi connectivity index (χ0n) is 14.4. The van der Waals surface area contributed by atoms with E-state index in [1.807, 2.05) is 0 Å². The van der Waals surface area contributed by atoms with Gasteiger partial charge in [-0.15, -0.1) is 0 Å². The van der Waals surface area contributed by atoms with Gasteiger partial charge in [-0.25, -0.2) is 13.1 Å². The van der Waals surface area contributed by atoms with Gasteiger partial charge in [-0.2, -0.15) is 0 Å². The fourth-order valence-electron chi connectivity index (χ4n) is 3.05. The summed E-state index contributed by atoms with van der Waals surface area (Å²) in [5.74, 6) is 0.408. The Labute approximate surface area is 151 Å². The lowest BCUT2D eigenvalue weighted by Crippen LogP contribution is -2.49. The van der Waals surface area contributed by atoms with E-state index in [0.29, 0.717) is 31.7 Å². The molecule has 0 aliphatic carbocycles. The number of carbonyl (C=O) groups is 1. The lowest BCUT2D eigenvalue weighted by Gasteiger charge is -2.32. The van der Waals surface area contributed by atoms with Gasteiger partial charge in [0, 0.05) is 31.4 Å². The molecule has 2 aromatic heterocycles. The highest BCUT2D eigenvalue weighted by Crippen LogP contribution is 2.17. The third-order valence-corrected chi connectivity index (χ3v) is 4.95. The molecule has 0 radical (unpaired) electrons. The van der Waals surface area contributed by atoms with Gasteiger partial charge in [0.15, 0.2) is 5.76 Å². The van der Waals surface area contributed by atoms with E-state index in [4.69, 9.17) is 4.42 Å². The Kier molecular flexibility index (Phi) is 5.28. The van der Waals surface area contributed by atoms with E-state index in [9.17, 15) is 18.0 Å². The average Bonchev–Trinajstić information content (AvgIpc) is 3.03. The molecule has 0 spiro atoms. The molecule has 1 atom stereocenters. The van der Waals surface area contributed by atoms with Crippen LogP contribution in [0, 0.1) is 0 Å². The van der Waals surface area contributed by atoms with E-state index >= 15 is 0 Å². The second-order valence-electron chi connectivity index (χ2n) is 6.41. The predicted octanol–water partition coefficient (Wildman–Crippen LogP) is 0.643. The summed E-state index contributed by atoms with van der Waals surface area (Å²) >= 11 is 0. The zero-order valence-corrected chi connectivity index (χ0v) is 15.2. The molecule has 9 heteroatoms. The van der Waals surface area contributed by atoms with Crippen molar-refractivity contribution < 1.29 is 17.6 Å². The summed E-state index contributed by atoms with van der Waals surface area (Å²) < 4.78 is 32.4. The van der Waals surface area contributed by atoms with Crippen molar-refractivity contribution in [3.63, 3.8) is 0 Å². The normalized spacial score (nSPS) is 18.0. The summed E-state index contributed by atoms with van der Waals surface area (Å²) in [6.07, 6.45) is 4.17. The topological polar surface area (TPSA) is 102 Å². The van der Waals surface area contributed by atoms with Crippen molar-refractivity contribution in [3.05, 3.63) is 58.4 Å². The molecule has 8 nitrogen and oxygen atoms in total. The summed E-state index contributed by atoms with van der Waals surface area (Å²) in [6.45, 7) is 1.10. The van der Waals surface area contributed by atoms with Crippen LogP contribution in [0.5, 0.6) is 0 Å². The summed E-state index contributed by atoms with van der Waals surface area (Å²) in [7, 11) is -3.32. The highest BCUT2D eigenvalue weighted by atomic mass is 32.2. The third-order valence-electron chi connectivity index (χ3n) is 4.19. The maximum absolute atomic E-state index is 12.6. The molecule has 26 heavy (non-hydrogen) atoms. The first-order valence-corrected chi connectivity index (χ1v) is 10.2. The number of pyridine rings is 1. The van der Waals surface area contributed by atoms with Crippen LogP contribution >= 0.6 is 0 Å². The molecule has 2 aromatic rings. The van der Waals surface area contributed by atoms with E-state index in [1.165, 1.54) is 10.6 Å². The number of sulfonamides is 1. The molecule has 3 rings (SSSR count). The van der Waals surface area contributed by atoms with Gasteiger partial charge in [0.1, 0.15) is 5.76 Å². The molecule has 0 aromatic carbocycles. The molecule has 1 amide bonds. The van der Waals surface area contributed by atoms with Gasteiger partial charge in [-0.3, -0.25) is 9.59 Å². The third kappa shape index (κ3) is 4.61. The molecule has 0 unspecified atom stereocenters. The van der Waals surface area contributed by atoms with Crippen LogP contribution in [0.15, 0.2) is 45.7 Å². The number of amides is 1. The van der Waals surface area contributed by atoms with Crippen LogP contribution < -0.4 is 10.3 Å². The van der Waals surface area contributed by atoms with Crippen molar-refractivity contribution in [3.8, 4) is 0 Å². The Morgan fingerprint density at radius 2 is 2.12 bits per heavy atom. The smallest absolute Gasteiger partial charge is 0.289 e. The van der Waals surface area contributed by atoms with E-state index in [0.717, 1.165) is 6.26 Å². The van der Waals surface area contributed by atoms with Gasteiger partial charge in [-0.1, -0.05) is 6.07 Å². The molecular weight excluding hydrogens is 358 g/mol. The summed E-state index contributed by atoms with van der Waals surface area (Å²) in [5, 5.41) is 0. The molecular formula is C17H21N3O5S. The van der Waals surface area contributed by atoms with Gasteiger partial charge < -0.3 is 13.9 Å². The molecule has 0 bridgehead atoms. The number of carbonyl (C=O) groups excluding carboxylic acids is 1. The van der Waals surface area contributed by atoms with Crippen molar-refractivity contribution in [2.24, 2.45) is 0 Å². The summed E-state index contributed by atoms with van der Waals surface area (Å²) in [6, 6.07) is 7.83. The molecule has 1 saturated heterocycles. The van der Waals surface area contributed by atoms with Crippen LogP contribution in [0.25, 0.3) is 0 Å². The van der Waals surface area contributed by atoms with Crippen LogP contribution in [0.3, 0.4) is 0 Å². The lowest BCUT2D eigenvalue weighted by atomic mass is 10.1. The number of nitrogens with zero attached hydrogens (tertiary/aromatic N) is 2. The molecule has 140 valence electrons. The molecule has 1 aliphatic rings. The minimum Gasteiger partial charge on any atom is -0.454 e. The maximum Gasteiger partial charge on any atom is 0.289 e. The van der Waals surface area contributed by atoms with Crippen molar-refractivity contribution >= 4 is 15.9 Å². The van der Waals surface area contributed by atoms with Gasteiger partial charge >= 0.3 is 0 Å². The first kappa shape index (κ1) is 18.4. The first-order valence-electron chi connectivity index (χ1n) is 8.32. The van der Waals surface area contributed by atoms with Crippen molar-refractivity contribution in [2.75, 3.05) is 19.3 Å². The fourth-order valence-corrected chi connectivity index (χ4v) is 3.85. The largest absolute Gasteiger partial charge is 0.454 e. The van der Waals surface area contributed by atoms with Crippen molar-refractivity contribution in [1.29, 1.82) is 0 Å². The Morgan fingerprint density at radius 3 is 2.85 bits per heavy atom. The van der Waals surface area contributed by atoms with E-state index in [-0.39, 0.29) is 29.8 Å². The Morgan fingerprint density at radius 1 is 1.31 bits per heavy atom. The number of furan rings is 1. The molecule has 1 aliphatic heterocycles. The predicted molar refractivity (Wildman–Crippen MR) is 95.4 cm³/mol. The van der Waals surface area contributed by atoms with E-state index < -0.39 is 10.0 Å². The Bertz CT molecular complexity index is 947. The van der Waals surface area contributed by atoms with Crippen LogP contribution in [-0.2, 0) is 16.6 Å². The number of aromatic nitrogens is 1. The fraction of sp³-hybridized carbons (Fsp3) is 0.412. The highest BCUT2D eigenvalue weighted by molar-refractivity contribution is 7.88. The van der Waals surface area contributed by atoms with Crippen LogP contribution in [0.2, 0.25) is 0 Å². The Balaban J connectivity index is 1.68. The number of piperidine rings is 1. The molecule has 1 fully saturated rings. The van der Waals surface area contributed by atoms with Crippen molar-refractivity contribution in [2.45, 2.75) is 25.4 Å². The quantitative estimate of drug-likeness (QED) is 0.822. The molecule has 1 N–H and O–H groups in total. The standard InChI is InChI=1S/C17H21N3O5S/c1-26(23,24)18-13-5-4-10-20(11-13)17(22)15-8-7-14(25-15)12-19-9-3-2-6-16(19)21/h2-3,6-9,13,18H,4-5,10-12H2,1H3/t13-/m0/s1. The second-order valence-corrected chi connectivity index (χ2v) is 8.19. The first-order chi connectivity index (χ1) is 12.3. The number of hydrogen-bond donors (Lipinski definition) is 1. The second kappa shape index (κ2) is 7.46. The average molecular weight is 379 g/mol. The van der Waals surface area contributed by atoms with Crippen LogP contribution in [0.4, 0.5) is 0 Å². The minimum atomic E-state index is -3.32. The number of likely N-dealkylation sites (tertiary alicyclic amines) is 1. The van der Waals surface area contributed by atoms with Crippen molar-refractivity contribution in [1.82, 2.24) is 14.2 Å².